The van der Waals surface area contributed by atoms with Gasteiger partial charge in [-0.15, -0.1) is 0 Å². The highest BCUT2D eigenvalue weighted by Gasteiger charge is 2.23. The predicted molar refractivity (Wildman–Crippen MR) is 110 cm³/mol. The van der Waals surface area contributed by atoms with E-state index in [0.717, 1.165) is 11.3 Å². The number of nitrogens with one attached hydrogen (secondary N) is 2. The third-order valence-electron chi connectivity index (χ3n) is 4.72. The Morgan fingerprint density at radius 3 is 2.34 bits per heavy atom. The summed E-state index contributed by atoms with van der Waals surface area (Å²) in [5, 5.41) is 3.01. The molecule has 1 amide bonds. The van der Waals surface area contributed by atoms with Crippen molar-refractivity contribution in [1.82, 2.24) is 5.32 Å². The number of carbonyl (C=O) groups excluding carboxylic acids is 1. The van der Waals surface area contributed by atoms with E-state index in [9.17, 15) is 13.2 Å². The highest BCUT2D eigenvalue weighted by atomic mass is 32.2. The topological polar surface area (TPSA) is 84.5 Å². The van der Waals surface area contributed by atoms with E-state index in [4.69, 9.17) is 4.74 Å². The lowest BCUT2D eigenvalue weighted by molar-refractivity contribution is 0.0924. The van der Waals surface area contributed by atoms with E-state index in [1.165, 1.54) is 24.3 Å². The van der Waals surface area contributed by atoms with Gasteiger partial charge in [0, 0.05) is 23.2 Å². The molecule has 7 heteroatoms. The first-order chi connectivity index (χ1) is 14.0. The Labute approximate surface area is 169 Å². The summed E-state index contributed by atoms with van der Waals surface area (Å²) in [7, 11) is -3.72. The summed E-state index contributed by atoms with van der Waals surface area (Å²) in [5.74, 6) is 0.518. The fourth-order valence-electron chi connectivity index (χ4n) is 3.24. The number of amides is 1. The number of benzene rings is 3. The molecule has 1 atom stereocenters. The van der Waals surface area contributed by atoms with Gasteiger partial charge in [-0.1, -0.05) is 36.4 Å². The number of ether oxygens (including phenoxy) is 1. The highest BCUT2D eigenvalue weighted by molar-refractivity contribution is 7.92. The first kappa shape index (κ1) is 19.0. The highest BCUT2D eigenvalue weighted by Crippen LogP contribution is 2.31. The summed E-state index contributed by atoms with van der Waals surface area (Å²) in [6.45, 7) is 0.532. The van der Waals surface area contributed by atoms with Crippen molar-refractivity contribution in [3.05, 3.63) is 90.0 Å². The Kier molecular flexibility index (Phi) is 5.22. The van der Waals surface area contributed by atoms with E-state index in [0.29, 0.717) is 24.3 Å². The number of sulfonamides is 1. The molecular weight excluding hydrogens is 388 g/mol. The van der Waals surface area contributed by atoms with E-state index in [2.05, 4.69) is 10.0 Å². The van der Waals surface area contributed by atoms with Gasteiger partial charge in [0.25, 0.3) is 15.9 Å². The van der Waals surface area contributed by atoms with Gasteiger partial charge in [-0.2, -0.15) is 0 Å². The molecule has 0 unspecified atom stereocenters. The van der Waals surface area contributed by atoms with E-state index < -0.39 is 10.0 Å². The molecule has 0 spiro atoms. The zero-order valence-corrected chi connectivity index (χ0v) is 16.4. The van der Waals surface area contributed by atoms with E-state index >= 15 is 0 Å². The monoisotopic (exact) mass is 408 g/mol. The van der Waals surface area contributed by atoms with E-state index in [1.54, 1.807) is 24.3 Å². The maximum Gasteiger partial charge on any atom is 0.261 e. The minimum atomic E-state index is -3.72. The van der Waals surface area contributed by atoms with Crippen molar-refractivity contribution in [3.63, 3.8) is 0 Å². The molecule has 29 heavy (non-hydrogen) atoms. The summed E-state index contributed by atoms with van der Waals surface area (Å²) in [6, 6.07) is 22.0. The van der Waals surface area contributed by atoms with Crippen LogP contribution in [0.3, 0.4) is 0 Å². The molecule has 0 saturated heterocycles. The smallest absolute Gasteiger partial charge is 0.261 e. The maximum atomic E-state index is 12.7. The molecule has 1 aliphatic heterocycles. The average molecular weight is 408 g/mol. The summed E-state index contributed by atoms with van der Waals surface area (Å²) in [6.07, 6.45) is 0.677. The van der Waals surface area contributed by atoms with Gasteiger partial charge in [-0.25, -0.2) is 8.42 Å². The van der Waals surface area contributed by atoms with Gasteiger partial charge in [-0.05, 0) is 42.5 Å². The third kappa shape index (κ3) is 4.25. The van der Waals surface area contributed by atoms with Crippen LogP contribution >= 0.6 is 0 Å². The van der Waals surface area contributed by atoms with Crippen LogP contribution in [-0.2, 0) is 10.0 Å². The number of rotatable bonds is 5. The molecule has 0 fully saturated rings. The number of para-hydroxylation sites is 2. The minimum absolute atomic E-state index is 0.0920. The van der Waals surface area contributed by atoms with Crippen molar-refractivity contribution >= 4 is 21.6 Å². The van der Waals surface area contributed by atoms with Crippen molar-refractivity contribution in [2.45, 2.75) is 17.4 Å². The van der Waals surface area contributed by atoms with Crippen LogP contribution in [0.1, 0.15) is 28.4 Å². The van der Waals surface area contributed by atoms with Gasteiger partial charge in [-0.3, -0.25) is 9.52 Å². The summed E-state index contributed by atoms with van der Waals surface area (Å²) < 4.78 is 33.2. The standard InChI is InChI=1S/C22H20N2O4S/c25-22(23-20-14-15-28-21-9-5-4-8-19(20)21)16-10-12-18(13-11-16)29(26,27)24-17-6-2-1-3-7-17/h1-13,20,24H,14-15H2,(H,23,25)/t20-/m0/s1. The molecule has 4 rings (SSSR count). The first-order valence-electron chi connectivity index (χ1n) is 9.23. The Hall–Kier alpha value is -3.32. The van der Waals surface area contributed by atoms with Crippen LogP contribution in [0.5, 0.6) is 5.75 Å². The third-order valence-corrected chi connectivity index (χ3v) is 6.11. The van der Waals surface area contributed by atoms with Crippen LogP contribution in [0, 0.1) is 0 Å². The van der Waals surface area contributed by atoms with Crippen LogP contribution in [0.15, 0.2) is 83.8 Å². The number of fused-ring (bicyclic) bond motifs is 1. The van der Waals surface area contributed by atoms with Crippen molar-refractivity contribution in [2.75, 3.05) is 11.3 Å². The molecule has 148 valence electrons. The quantitative estimate of drug-likeness (QED) is 0.674. The summed E-state index contributed by atoms with van der Waals surface area (Å²) in [5.41, 5.74) is 1.82. The zero-order chi connectivity index (χ0) is 20.3. The van der Waals surface area contributed by atoms with Crippen molar-refractivity contribution in [2.24, 2.45) is 0 Å². The molecule has 0 aromatic heterocycles. The van der Waals surface area contributed by atoms with Crippen molar-refractivity contribution < 1.29 is 17.9 Å². The van der Waals surface area contributed by atoms with Gasteiger partial charge >= 0.3 is 0 Å². The summed E-state index contributed by atoms with van der Waals surface area (Å²) in [4.78, 5) is 12.7. The van der Waals surface area contributed by atoms with Gasteiger partial charge in [0.2, 0.25) is 0 Å². The number of hydrogen-bond acceptors (Lipinski definition) is 4. The van der Waals surface area contributed by atoms with Gasteiger partial charge in [0.15, 0.2) is 0 Å². The Morgan fingerprint density at radius 1 is 0.897 bits per heavy atom. The molecule has 6 nitrogen and oxygen atoms in total. The first-order valence-corrected chi connectivity index (χ1v) is 10.7. The van der Waals surface area contributed by atoms with Crippen LogP contribution in [0.4, 0.5) is 5.69 Å². The van der Waals surface area contributed by atoms with Crippen molar-refractivity contribution in [1.29, 1.82) is 0 Å². The van der Waals surface area contributed by atoms with Crippen molar-refractivity contribution in [3.8, 4) is 5.75 Å². The Bertz CT molecular complexity index is 1110. The molecule has 0 radical (unpaired) electrons. The fourth-order valence-corrected chi connectivity index (χ4v) is 4.30. The zero-order valence-electron chi connectivity index (χ0n) is 15.5. The van der Waals surface area contributed by atoms with E-state index in [1.807, 2.05) is 30.3 Å². The van der Waals surface area contributed by atoms with Gasteiger partial charge in [0.05, 0.1) is 17.5 Å². The molecule has 0 aliphatic carbocycles. The lowest BCUT2D eigenvalue weighted by atomic mass is 10.00. The molecule has 2 N–H and O–H groups in total. The van der Waals surface area contributed by atoms with E-state index in [-0.39, 0.29) is 16.8 Å². The normalized spacial score (nSPS) is 15.7. The van der Waals surface area contributed by atoms with Gasteiger partial charge in [0.1, 0.15) is 5.75 Å². The fraction of sp³-hybridized carbons (Fsp3) is 0.136. The lowest BCUT2D eigenvalue weighted by Crippen LogP contribution is -2.32. The molecule has 1 heterocycles. The second-order valence-corrected chi connectivity index (χ2v) is 8.38. The minimum Gasteiger partial charge on any atom is -0.493 e. The second-order valence-electron chi connectivity index (χ2n) is 6.70. The number of carbonyl (C=O) groups is 1. The Morgan fingerprint density at radius 2 is 1.59 bits per heavy atom. The molecule has 3 aromatic rings. The van der Waals surface area contributed by atoms with Crippen LogP contribution in [0.25, 0.3) is 0 Å². The van der Waals surface area contributed by atoms with Gasteiger partial charge < -0.3 is 10.1 Å². The lowest BCUT2D eigenvalue weighted by Gasteiger charge is -2.26. The predicted octanol–water partition coefficient (Wildman–Crippen LogP) is 3.74. The molecule has 0 saturated carbocycles. The molecule has 0 bridgehead atoms. The second kappa shape index (κ2) is 7.97. The molecular formula is C22H20N2O4S. The number of hydrogen-bond donors (Lipinski definition) is 2. The summed E-state index contributed by atoms with van der Waals surface area (Å²) >= 11 is 0. The molecule has 3 aromatic carbocycles. The van der Waals surface area contributed by atoms with Crippen LogP contribution in [0.2, 0.25) is 0 Å². The molecule has 1 aliphatic rings. The average Bonchev–Trinajstić information content (AvgIpc) is 2.74. The van der Waals surface area contributed by atoms with Crippen LogP contribution in [-0.4, -0.2) is 20.9 Å². The van der Waals surface area contributed by atoms with Crippen LogP contribution < -0.4 is 14.8 Å². The largest absolute Gasteiger partial charge is 0.493 e. The number of anilines is 1. The maximum absolute atomic E-state index is 12.7. The Balaban J connectivity index is 1.47. The SMILES string of the molecule is O=C(N[C@H]1CCOc2ccccc21)c1ccc(S(=O)(=O)Nc2ccccc2)cc1.